The van der Waals surface area contributed by atoms with Gasteiger partial charge in [0, 0.05) is 18.5 Å². The maximum absolute atomic E-state index is 12.3. The molecule has 114 valence electrons. The summed E-state index contributed by atoms with van der Waals surface area (Å²) in [6.45, 7) is 0. The Morgan fingerprint density at radius 2 is 2.17 bits per heavy atom. The van der Waals surface area contributed by atoms with Crippen molar-refractivity contribution >= 4 is 17.8 Å². The maximum atomic E-state index is 12.3. The highest BCUT2D eigenvalue weighted by molar-refractivity contribution is 6.14. The molecule has 1 saturated carbocycles. The quantitative estimate of drug-likeness (QED) is 0.495. The summed E-state index contributed by atoms with van der Waals surface area (Å²) in [4.78, 5) is 28.0. The molecule has 0 unspecified atom stereocenters. The average molecular weight is 307 g/mol. The predicted octanol–water partition coefficient (Wildman–Crippen LogP) is 3.01. The Morgan fingerprint density at radius 3 is 2.91 bits per heavy atom. The van der Waals surface area contributed by atoms with Crippen LogP contribution >= 0.6 is 0 Å². The molecule has 1 aromatic carbocycles. The van der Waals surface area contributed by atoms with Crippen LogP contribution in [0.1, 0.15) is 28.8 Å². The van der Waals surface area contributed by atoms with Gasteiger partial charge in [-0.25, -0.2) is 0 Å². The minimum atomic E-state index is -0.222. The van der Waals surface area contributed by atoms with Crippen molar-refractivity contribution in [3.8, 4) is 11.5 Å². The van der Waals surface area contributed by atoms with Crippen molar-refractivity contribution in [2.24, 2.45) is 5.92 Å². The molecular formula is C18H13NO4. The molecule has 2 heterocycles. The van der Waals surface area contributed by atoms with Crippen LogP contribution in [0.25, 0.3) is 6.08 Å². The number of fused-ring (bicyclic) bond motifs is 1. The maximum Gasteiger partial charge on any atom is 0.314 e. The topological polar surface area (TPSA) is 65.5 Å². The van der Waals surface area contributed by atoms with Gasteiger partial charge in [0.25, 0.3) is 0 Å². The third-order valence-corrected chi connectivity index (χ3v) is 3.75. The smallest absolute Gasteiger partial charge is 0.314 e. The summed E-state index contributed by atoms with van der Waals surface area (Å²) in [6.07, 6.45) is 6.72. The van der Waals surface area contributed by atoms with Gasteiger partial charge in [-0.2, -0.15) is 0 Å². The van der Waals surface area contributed by atoms with E-state index in [4.69, 9.17) is 9.47 Å². The van der Waals surface area contributed by atoms with Crippen LogP contribution in [0.5, 0.6) is 11.5 Å². The van der Waals surface area contributed by atoms with Crippen LogP contribution in [0.15, 0.2) is 48.5 Å². The SMILES string of the molecule is O=C1C(=Cc2cccnc2)Oc2cc(OC(=O)C3CC3)ccc21. The Morgan fingerprint density at radius 1 is 1.30 bits per heavy atom. The lowest BCUT2D eigenvalue weighted by atomic mass is 10.1. The number of hydrogen-bond donors (Lipinski definition) is 0. The van der Waals surface area contributed by atoms with Crippen molar-refractivity contribution < 1.29 is 19.1 Å². The fraction of sp³-hybridized carbons (Fsp3) is 0.167. The van der Waals surface area contributed by atoms with Gasteiger partial charge >= 0.3 is 5.97 Å². The summed E-state index contributed by atoms with van der Waals surface area (Å²) in [5.74, 6) is 0.650. The molecule has 0 amide bonds. The molecule has 0 N–H and O–H groups in total. The van der Waals surface area contributed by atoms with Crippen molar-refractivity contribution in [1.82, 2.24) is 4.98 Å². The molecule has 0 saturated heterocycles. The van der Waals surface area contributed by atoms with Crippen LogP contribution in [0.2, 0.25) is 0 Å². The first-order chi connectivity index (χ1) is 11.2. The highest BCUT2D eigenvalue weighted by Gasteiger charge is 2.32. The van der Waals surface area contributed by atoms with Gasteiger partial charge in [0.1, 0.15) is 11.5 Å². The number of esters is 1. The third kappa shape index (κ3) is 2.73. The van der Waals surface area contributed by atoms with Crippen LogP contribution in [0.4, 0.5) is 0 Å². The monoisotopic (exact) mass is 307 g/mol. The van der Waals surface area contributed by atoms with Crippen LogP contribution in [-0.2, 0) is 4.79 Å². The van der Waals surface area contributed by atoms with Crippen molar-refractivity contribution in [2.75, 3.05) is 0 Å². The molecule has 0 spiro atoms. The number of Topliss-reactive ketones (excluding diaryl/α,β-unsaturated/α-hetero) is 1. The third-order valence-electron chi connectivity index (χ3n) is 3.75. The standard InChI is InChI=1S/C18H13NO4/c20-17-14-6-5-13(22-18(21)12-3-4-12)9-15(14)23-16(17)8-11-2-1-7-19-10-11/h1-2,5-10,12H,3-4H2. The van der Waals surface area contributed by atoms with E-state index in [0.29, 0.717) is 17.1 Å². The Kier molecular flexibility index (Phi) is 3.19. The number of allylic oxidation sites excluding steroid dienone is 1. The lowest BCUT2D eigenvalue weighted by molar-refractivity contribution is -0.135. The number of nitrogens with zero attached hydrogens (tertiary/aromatic N) is 1. The zero-order chi connectivity index (χ0) is 15.8. The van der Waals surface area contributed by atoms with E-state index in [1.54, 1.807) is 42.7 Å². The van der Waals surface area contributed by atoms with E-state index < -0.39 is 0 Å². The van der Waals surface area contributed by atoms with Crippen molar-refractivity contribution in [3.05, 3.63) is 59.6 Å². The van der Waals surface area contributed by atoms with Gasteiger partial charge in [-0.3, -0.25) is 14.6 Å². The zero-order valence-corrected chi connectivity index (χ0v) is 12.2. The summed E-state index contributed by atoms with van der Waals surface area (Å²) in [5, 5.41) is 0. The predicted molar refractivity (Wildman–Crippen MR) is 82.0 cm³/mol. The second-order valence-corrected chi connectivity index (χ2v) is 5.58. The van der Waals surface area contributed by atoms with Gasteiger partial charge in [-0.05, 0) is 42.7 Å². The molecule has 23 heavy (non-hydrogen) atoms. The van der Waals surface area contributed by atoms with Gasteiger partial charge in [-0.15, -0.1) is 0 Å². The first-order valence-corrected chi connectivity index (χ1v) is 7.41. The minimum absolute atomic E-state index is 0.0202. The number of ketones is 1. The molecule has 2 aromatic rings. The Hall–Kier alpha value is -2.95. The molecule has 2 aliphatic rings. The molecule has 0 bridgehead atoms. The molecule has 1 aliphatic heterocycles. The molecular weight excluding hydrogens is 294 g/mol. The number of pyridine rings is 1. The van der Waals surface area contributed by atoms with Crippen LogP contribution in [-0.4, -0.2) is 16.7 Å². The lowest BCUT2D eigenvalue weighted by Crippen LogP contribution is -2.09. The number of aromatic nitrogens is 1. The molecule has 0 radical (unpaired) electrons. The highest BCUT2D eigenvalue weighted by Crippen LogP contribution is 2.36. The van der Waals surface area contributed by atoms with E-state index in [1.807, 2.05) is 6.07 Å². The number of carbonyl (C=O) groups excluding carboxylic acids is 2. The molecule has 4 rings (SSSR count). The molecule has 5 heteroatoms. The normalized spacial score (nSPS) is 17.7. The van der Waals surface area contributed by atoms with Crippen LogP contribution < -0.4 is 9.47 Å². The molecule has 5 nitrogen and oxygen atoms in total. The first kappa shape index (κ1) is 13.7. The Labute approximate surface area is 132 Å². The van der Waals surface area contributed by atoms with Gasteiger partial charge < -0.3 is 9.47 Å². The number of hydrogen-bond acceptors (Lipinski definition) is 5. The summed E-state index contributed by atoms with van der Waals surface area (Å²) in [7, 11) is 0. The second-order valence-electron chi connectivity index (χ2n) is 5.58. The van der Waals surface area contributed by atoms with Gasteiger partial charge in [0.05, 0.1) is 11.5 Å². The number of rotatable bonds is 3. The fourth-order valence-electron chi connectivity index (χ4n) is 2.36. The van der Waals surface area contributed by atoms with E-state index in [2.05, 4.69) is 4.98 Å². The highest BCUT2D eigenvalue weighted by atomic mass is 16.5. The second kappa shape index (κ2) is 5.35. The van der Waals surface area contributed by atoms with E-state index in [1.165, 1.54) is 0 Å². The summed E-state index contributed by atoms with van der Waals surface area (Å²) in [6, 6.07) is 8.44. The lowest BCUT2D eigenvalue weighted by Gasteiger charge is -2.04. The Bertz CT molecular complexity index is 822. The van der Waals surface area contributed by atoms with E-state index in [9.17, 15) is 9.59 Å². The number of carbonyl (C=O) groups is 2. The van der Waals surface area contributed by atoms with Crippen LogP contribution in [0.3, 0.4) is 0 Å². The van der Waals surface area contributed by atoms with Crippen LogP contribution in [0, 0.1) is 5.92 Å². The minimum Gasteiger partial charge on any atom is -0.452 e. The molecule has 1 aromatic heterocycles. The van der Waals surface area contributed by atoms with E-state index in [0.717, 1.165) is 18.4 Å². The van der Waals surface area contributed by atoms with Crippen molar-refractivity contribution in [1.29, 1.82) is 0 Å². The summed E-state index contributed by atoms with van der Waals surface area (Å²) in [5.41, 5.74) is 1.25. The van der Waals surface area contributed by atoms with Gasteiger partial charge in [-0.1, -0.05) is 6.07 Å². The first-order valence-electron chi connectivity index (χ1n) is 7.41. The number of benzene rings is 1. The van der Waals surface area contributed by atoms with Gasteiger partial charge in [0.15, 0.2) is 5.76 Å². The zero-order valence-electron chi connectivity index (χ0n) is 12.2. The fourth-order valence-corrected chi connectivity index (χ4v) is 2.36. The Balaban J connectivity index is 1.58. The molecule has 1 fully saturated rings. The van der Waals surface area contributed by atoms with Crippen molar-refractivity contribution in [3.63, 3.8) is 0 Å². The van der Waals surface area contributed by atoms with Crippen molar-refractivity contribution in [2.45, 2.75) is 12.8 Å². The average Bonchev–Trinajstić information content (AvgIpc) is 3.36. The summed E-state index contributed by atoms with van der Waals surface area (Å²) < 4.78 is 10.9. The molecule has 0 atom stereocenters. The molecule has 1 aliphatic carbocycles. The summed E-state index contributed by atoms with van der Waals surface area (Å²) >= 11 is 0. The van der Waals surface area contributed by atoms with E-state index in [-0.39, 0.29) is 23.4 Å². The largest absolute Gasteiger partial charge is 0.452 e. The van der Waals surface area contributed by atoms with Gasteiger partial charge in [0.2, 0.25) is 5.78 Å². The number of ether oxygens (including phenoxy) is 2. The van der Waals surface area contributed by atoms with E-state index >= 15 is 0 Å².